The van der Waals surface area contributed by atoms with Gasteiger partial charge in [0.05, 0.1) is 3.57 Å². The summed E-state index contributed by atoms with van der Waals surface area (Å²) >= 11 is 5.27. The van der Waals surface area contributed by atoms with Gasteiger partial charge in [0.15, 0.2) is 0 Å². The molecule has 0 radical (unpaired) electrons. The molecule has 0 bridgehead atoms. The molecular formula is C11H6BrIO3. The SMILES string of the molecule is O=C(O)c1cc2cc(Br)ccc2c(I)c1O. The normalized spacial score (nSPS) is 10.6. The molecule has 82 valence electrons. The zero-order valence-corrected chi connectivity index (χ0v) is 11.6. The van der Waals surface area contributed by atoms with Crippen molar-refractivity contribution in [2.24, 2.45) is 0 Å². The van der Waals surface area contributed by atoms with E-state index in [9.17, 15) is 9.90 Å². The highest BCUT2D eigenvalue weighted by molar-refractivity contribution is 14.1. The molecule has 2 N–H and O–H groups in total. The van der Waals surface area contributed by atoms with Gasteiger partial charge < -0.3 is 10.2 Å². The van der Waals surface area contributed by atoms with Gasteiger partial charge in [-0.05, 0) is 51.6 Å². The minimum Gasteiger partial charge on any atom is -0.506 e. The molecule has 0 saturated carbocycles. The number of fused-ring (bicyclic) bond motifs is 1. The molecule has 0 spiro atoms. The summed E-state index contributed by atoms with van der Waals surface area (Å²) in [5, 5.41) is 20.3. The van der Waals surface area contributed by atoms with Crippen LogP contribution in [0.25, 0.3) is 10.8 Å². The molecule has 0 heterocycles. The van der Waals surface area contributed by atoms with Crippen molar-refractivity contribution < 1.29 is 15.0 Å². The Hall–Kier alpha value is -0.820. The summed E-state index contributed by atoms with van der Waals surface area (Å²) in [6.07, 6.45) is 0. The second kappa shape index (κ2) is 4.21. The fourth-order valence-electron chi connectivity index (χ4n) is 1.49. The molecule has 2 aromatic rings. The highest BCUT2D eigenvalue weighted by Crippen LogP contribution is 2.33. The van der Waals surface area contributed by atoms with Gasteiger partial charge in [0.2, 0.25) is 0 Å². The molecule has 5 heteroatoms. The molecule has 0 aliphatic carbocycles. The van der Waals surface area contributed by atoms with Crippen LogP contribution in [0.2, 0.25) is 0 Å². The van der Waals surface area contributed by atoms with E-state index in [0.29, 0.717) is 3.57 Å². The number of aromatic hydroxyl groups is 1. The molecule has 0 aromatic heterocycles. The first-order valence-electron chi connectivity index (χ1n) is 4.34. The minimum atomic E-state index is -1.13. The Morgan fingerprint density at radius 2 is 2.00 bits per heavy atom. The van der Waals surface area contributed by atoms with Gasteiger partial charge in [-0.1, -0.05) is 22.0 Å². The number of hydrogen-bond donors (Lipinski definition) is 2. The van der Waals surface area contributed by atoms with E-state index in [-0.39, 0.29) is 11.3 Å². The number of benzene rings is 2. The molecule has 3 nitrogen and oxygen atoms in total. The number of carbonyl (C=O) groups is 1. The summed E-state index contributed by atoms with van der Waals surface area (Å²) in [5.74, 6) is -1.31. The van der Waals surface area contributed by atoms with Gasteiger partial charge in [-0.2, -0.15) is 0 Å². The summed E-state index contributed by atoms with van der Waals surface area (Å²) < 4.78 is 1.43. The lowest BCUT2D eigenvalue weighted by Crippen LogP contribution is -1.98. The summed E-state index contributed by atoms with van der Waals surface area (Å²) in [4.78, 5) is 10.9. The smallest absolute Gasteiger partial charge is 0.339 e. The second-order valence-electron chi connectivity index (χ2n) is 3.26. The van der Waals surface area contributed by atoms with Gasteiger partial charge in [0.1, 0.15) is 11.3 Å². The fraction of sp³-hybridized carbons (Fsp3) is 0. The number of phenols is 1. The van der Waals surface area contributed by atoms with E-state index in [1.54, 1.807) is 0 Å². The molecule has 0 aliphatic rings. The predicted molar refractivity (Wildman–Crippen MR) is 73.0 cm³/mol. The average Bonchev–Trinajstić information content (AvgIpc) is 2.22. The van der Waals surface area contributed by atoms with Crippen molar-refractivity contribution in [2.45, 2.75) is 0 Å². The largest absolute Gasteiger partial charge is 0.506 e. The van der Waals surface area contributed by atoms with Crippen LogP contribution >= 0.6 is 38.5 Å². The Morgan fingerprint density at radius 3 is 2.62 bits per heavy atom. The number of carboxylic acids is 1. The minimum absolute atomic E-state index is 0.0741. The van der Waals surface area contributed by atoms with E-state index < -0.39 is 5.97 Å². The number of rotatable bonds is 1. The van der Waals surface area contributed by atoms with Gasteiger partial charge in [0.25, 0.3) is 0 Å². The molecule has 0 fully saturated rings. The maximum Gasteiger partial charge on any atom is 0.339 e. The van der Waals surface area contributed by atoms with Crippen LogP contribution in [0.15, 0.2) is 28.7 Å². The standard InChI is InChI=1S/C11H6BrIO3/c12-6-1-2-7-5(3-6)4-8(11(15)16)10(14)9(7)13/h1-4,14H,(H,15,16). The van der Waals surface area contributed by atoms with Crippen molar-refractivity contribution in [1.29, 1.82) is 0 Å². The zero-order chi connectivity index (χ0) is 11.9. The first-order chi connectivity index (χ1) is 7.50. The van der Waals surface area contributed by atoms with Crippen molar-refractivity contribution >= 4 is 55.3 Å². The fourth-order valence-corrected chi connectivity index (χ4v) is 2.65. The topological polar surface area (TPSA) is 57.5 Å². The lowest BCUT2D eigenvalue weighted by Gasteiger charge is -2.07. The maximum atomic E-state index is 10.9. The predicted octanol–water partition coefficient (Wildman–Crippen LogP) is 3.61. The van der Waals surface area contributed by atoms with Crippen LogP contribution in [0.1, 0.15) is 10.4 Å². The first kappa shape index (κ1) is 11.7. The van der Waals surface area contributed by atoms with E-state index in [0.717, 1.165) is 15.2 Å². The molecule has 2 rings (SSSR count). The van der Waals surface area contributed by atoms with Crippen LogP contribution in [0.4, 0.5) is 0 Å². The number of hydrogen-bond acceptors (Lipinski definition) is 2. The van der Waals surface area contributed by atoms with Crippen LogP contribution in [-0.4, -0.2) is 16.2 Å². The quantitative estimate of drug-likeness (QED) is 0.729. The molecule has 0 amide bonds. The third kappa shape index (κ3) is 1.89. The van der Waals surface area contributed by atoms with Gasteiger partial charge in [0, 0.05) is 4.47 Å². The summed E-state index contributed by atoms with van der Waals surface area (Å²) in [6, 6.07) is 6.99. The highest BCUT2D eigenvalue weighted by atomic mass is 127. The van der Waals surface area contributed by atoms with Crippen molar-refractivity contribution in [3.05, 3.63) is 37.9 Å². The second-order valence-corrected chi connectivity index (χ2v) is 5.25. The van der Waals surface area contributed by atoms with E-state index in [1.165, 1.54) is 6.07 Å². The Balaban J connectivity index is 2.88. The zero-order valence-electron chi connectivity index (χ0n) is 7.87. The molecule has 0 unspecified atom stereocenters. The van der Waals surface area contributed by atoms with Crippen LogP contribution in [-0.2, 0) is 0 Å². The van der Waals surface area contributed by atoms with Crippen LogP contribution < -0.4 is 0 Å². The summed E-state index contributed by atoms with van der Waals surface area (Å²) in [7, 11) is 0. The van der Waals surface area contributed by atoms with E-state index in [4.69, 9.17) is 5.11 Å². The van der Waals surface area contributed by atoms with Crippen molar-refractivity contribution in [2.75, 3.05) is 0 Å². The van der Waals surface area contributed by atoms with Crippen LogP contribution in [0.3, 0.4) is 0 Å². The first-order valence-corrected chi connectivity index (χ1v) is 6.22. The molecular weight excluding hydrogens is 387 g/mol. The van der Waals surface area contributed by atoms with Gasteiger partial charge in [-0.25, -0.2) is 4.79 Å². The van der Waals surface area contributed by atoms with E-state index >= 15 is 0 Å². The molecule has 0 aliphatic heterocycles. The Bertz CT molecular complexity index is 595. The highest BCUT2D eigenvalue weighted by Gasteiger charge is 2.15. The van der Waals surface area contributed by atoms with Gasteiger partial charge >= 0.3 is 5.97 Å². The summed E-state index contributed by atoms with van der Waals surface area (Å²) in [6.45, 7) is 0. The lowest BCUT2D eigenvalue weighted by atomic mass is 10.1. The lowest BCUT2D eigenvalue weighted by molar-refractivity contribution is 0.0694. The van der Waals surface area contributed by atoms with Crippen molar-refractivity contribution in [3.8, 4) is 5.75 Å². The molecule has 16 heavy (non-hydrogen) atoms. The van der Waals surface area contributed by atoms with Gasteiger partial charge in [-0.3, -0.25) is 0 Å². The van der Waals surface area contributed by atoms with E-state index in [2.05, 4.69) is 15.9 Å². The monoisotopic (exact) mass is 392 g/mol. The summed E-state index contributed by atoms with van der Waals surface area (Å²) in [5.41, 5.74) is -0.0741. The maximum absolute atomic E-state index is 10.9. The van der Waals surface area contributed by atoms with Crippen molar-refractivity contribution in [1.82, 2.24) is 0 Å². The molecule has 0 saturated heterocycles. The molecule has 2 aromatic carbocycles. The van der Waals surface area contributed by atoms with Crippen molar-refractivity contribution in [3.63, 3.8) is 0 Å². The average molecular weight is 393 g/mol. The third-order valence-electron chi connectivity index (χ3n) is 2.24. The number of halogens is 2. The van der Waals surface area contributed by atoms with E-state index in [1.807, 2.05) is 40.8 Å². The Morgan fingerprint density at radius 1 is 1.31 bits per heavy atom. The number of carboxylic acid groups (broad SMARTS) is 1. The molecule has 0 atom stereocenters. The number of aromatic carboxylic acids is 1. The van der Waals surface area contributed by atoms with Crippen LogP contribution in [0.5, 0.6) is 5.75 Å². The van der Waals surface area contributed by atoms with Crippen LogP contribution in [0, 0.1) is 3.57 Å². The Kier molecular flexibility index (Phi) is 3.07. The van der Waals surface area contributed by atoms with Gasteiger partial charge in [-0.15, -0.1) is 0 Å². The third-order valence-corrected chi connectivity index (χ3v) is 3.83. The Labute approximate surface area is 113 Å².